The number of aliphatic hydroxyl groups excluding tert-OH is 1. The summed E-state index contributed by atoms with van der Waals surface area (Å²) in [7, 11) is 0. The molecule has 0 unspecified atom stereocenters. The molecule has 0 atom stereocenters. The van der Waals surface area contributed by atoms with Gasteiger partial charge in [-0.05, 0) is 23.3 Å². The highest BCUT2D eigenvalue weighted by molar-refractivity contribution is 5.83. The van der Waals surface area contributed by atoms with Crippen molar-refractivity contribution in [2.45, 2.75) is 6.54 Å². The van der Waals surface area contributed by atoms with Gasteiger partial charge in [-0.2, -0.15) is 0 Å². The summed E-state index contributed by atoms with van der Waals surface area (Å²) in [4.78, 5) is 16.5. The first-order chi connectivity index (χ1) is 9.79. The molecule has 2 aromatic carbocycles. The molecule has 0 saturated carbocycles. The minimum absolute atomic E-state index is 0.0742. The molecule has 0 fully saturated rings. The Morgan fingerprint density at radius 3 is 2.60 bits per heavy atom. The summed E-state index contributed by atoms with van der Waals surface area (Å²) in [6, 6.07) is 15.6. The van der Waals surface area contributed by atoms with Gasteiger partial charge in [0.25, 0.3) is 5.56 Å². The molecule has 1 aromatic heterocycles. The van der Waals surface area contributed by atoms with E-state index in [2.05, 4.69) is 4.98 Å². The SMILES string of the molecule is O=c1c2ccc(-c3ccccc3)cc2ncn1CCO. The number of rotatable bonds is 3. The first-order valence-corrected chi connectivity index (χ1v) is 6.45. The van der Waals surface area contributed by atoms with Gasteiger partial charge in [0.15, 0.2) is 0 Å². The summed E-state index contributed by atoms with van der Waals surface area (Å²) in [5.41, 5.74) is 2.68. The van der Waals surface area contributed by atoms with Gasteiger partial charge in [0.1, 0.15) is 0 Å². The molecule has 4 heteroatoms. The van der Waals surface area contributed by atoms with E-state index in [1.54, 1.807) is 6.07 Å². The lowest BCUT2D eigenvalue weighted by molar-refractivity contribution is 0.274. The summed E-state index contributed by atoms with van der Waals surface area (Å²) >= 11 is 0. The predicted molar refractivity (Wildman–Crippen MR) is 78.5 cm³/mol. The maximum Gasteiger partial charge on any atom is 0.261 e. The van der Waals surface area contributed by atoms with Crippen molar-refractivity contribution in [1.82, 2.24) is 9.55 Å². The molecular formula is C16H14N2O2. The predicted octanol–water partition coefficient (Wildman–Crippen LogP) is 2.06. The van der Waals surface area contributed by atoms with Crippen LogP contribution in [0.2, 0.25) is 0 Å². The average Bonchev–Trinajstić information content (AvgIpc) is 2.51. The minimum atomic E-state index is -0.122. The highest BCUT2D eigenvalue weighted by Crippen LogP contribution is 2.21. The molecule has 0 spiro atoms. The van der Waals surface area contributed by atoms with E-state index in [1.165, 1.54) is 10.9 Å². The van der Waals surface area contributed by atoms with Gasteiger partial charge < -0.3 is 5.11 Å². The van der Waals surface area contributed by atoms with Crippen LogP contribution in [0.4, 0.5) is 0 Å². The van der Waals surface area contributed by atoms with Crippen LogP contribution in [0.25, 0.3) is 22.0 Å². The third kappa shape index (κ3) is 2.21. The van der Waals surface area contributed by atoms with Gasteiger partial charge in [0, 0.05) is 0 Å². The Bertz CT molecular complexity index is 794. The fourth-order valence-corrected chi connectivity index (χ4v) is 2.24. The molecule has 0 radical (unpaired) electrons. The summed E-state index contributed by atoms with van der Waals surface area (Å²) in [5.74, 6) is 0. The number of aliphatic hydroxyl groups is 1. The van der Waals surface area contributed by atoms with Crippen LogP contribution < -0.4 is 5.56 Å². The first-order valence-electron chi connectivity index (χ1n) is 6.45. The fraction of sp³-hybridized carbons (Fsp3) is 0.125. The van der Waals surface area contributed by atoms with Gasteiger partial charge in [0.2, 0.25) is 0 Å². The van der Waals surface area contributed by atoms with E-state index in [9.17, 15) is 4.79 Å². The summed E-state index contributed by atoms with van der Waals surface area (Å²) in [6.07, 6.45) is 1.48. The summed E-state index contributed by atoms with van der Waals surface area (Å²) < 4.78 is 1.42. The number of hydrogen-bond acceptors (Lipinski definition) is 3. The third-order valence-electron chi connectivity index (χ3n) is 3.27. The van der Waals surface area contributed by atoms with Crippen molar-refractivity contribution in [3.8, 4) is 11.1 Å². The second-order valence-electron chi connectivity index (χ2n) is 4.56. The quantitative estimate of drug-likeness (QED) is 0.789. The van der Waals surface area contributed by atoms with Gasteiger partial charge in [-0.1, -0.05) is 36.4 Å². The van der Waals surface area contributed by atoms with Crippen LogP contribution in [0.1, 0.15) is 0 Å². The molecule has 4 nitrogen and oxygen atoms in total. The van der Waals surface area contributed by atoms with Crippen LogP contribution in [0, 0.1) is 0 Å². The normalized spacial score (nSPS) is 10.8. The maximum atomic E-state index is 12.2. The average molecular weight is 266 g/mol. The van der Waals surface area contributed by atoms with Gasteiger partial charge in [0.05, 0.1) is 30.4 Å². The van der Waals surface area contributed by atoms with Crippen molar-refractivity contribution in [2.75, 3.05) is 6.61 Å². The van der Waals surface area contributed by atoms with E-state index >= 15 is 0 Å². The van der Waals surface area contributed by atoms with E-state index in [-0.39, 0.29) is 18.7 Å². The number of fused-ring (bicyclic) bond motifs is 1. The lowest BCUT2D eigenvalue weighted by Gasteiger charge is -2.06. The van der Waals surface area contributed by atoms with Crippen LogP contribution in [-0.4, -0.2) is 21.3 Å². The number of nitrogens with zero attached hydrogens (tertiary/aromatic N) is 2. The Kier molecular flexibility index (Phi) is 3.31. The Hall–Kier alpha value is -2.46. The first kappa shape index (κ1) is 12.6. The van der Waals surface area contributed by atoms with E-state index in [1.807, 2.05) is 42.5 Å². The lowest BCUT2D eigenvalue weighted by Crippen LogP contribution is -2.22. The molecule has 1 N–H and O–H groups in total. The van der Waals surface area contributed by atoms with E-state index in [4.69, 9.17) is 5.11 Å². The number of benzene rings is 2. The Labute approximate surface area is 116 Å². The number of hydrogen-bond donors (Lipinski definition) is 1. The van der Waals surface area contributed by atoms with E-state index < -0.39 is 0 Å². The zero-order chi connectivity index (χ0) is 13.9. The standard InChI is InChI=1S/C16H14N2O2/c19-9-8-18-11-17-15-10-13(6-7-14(15)16(18)20)12-4-2-1-3-5-12/h1-7,10-11,19H,8-9H2. The smallest absolute Gasteiger partial charge is 0.261 e. The van der Waals surface area contributed by atoms with Crippen molar-refractivity contribution in [3.63, 3.8) is 0 Å². The van der Waals surface area contributed by atoms with Crippen LogP contribution in [0.3, 0.4) is 0 Å². The van der Waals surface area contributed by atoms with Crippen LogP contribution in [0.5, 0.6) is 0 Å². The molecule has 20 heavy (non-hydrogen) atoms. The largest absolute Gasteiger partial charge is 0.395 e. The molecule has 100 valence electrons. The zero-order valence-corrected chi connectivity index (χ0v) is 10.9. The molecule has 3 aromatic rings. The molecule has 0 aliphatic rings. The van der Waals surface area contributed by atoms with Gasteiger partial charge in [-0.25, -0.2) is 4.98 Å². The minimum Gasteiger partial charge on any atom is -0.395 e. The molecule has 3 rings (SSSR count). The Morgan fingerprint density at radius 1 is 1.05 bits per heavy atom. The molecule has 0 amide bonds. The van der Waals surface area contributed by atoms with Crippen LogP contribution >= 0.6 is 0 Å². The van der Waals surface area contributed by atoms with Crippen molar-refractivity contribution < 1.29 is 5.11 Å². The molecule has 0 aliphatic heterocycles. The van der Waals surface area contributed by atoms with Crippen molar-refractivity contribution >= 4 is 10.9 Å². The van der Waals surface area contributed by atoms with Crippen molar-refractivity contribution in [1.29, 1.82) is 0 Å². The van der Waals surface area contributed by atoms with E-state index in [0.717, 1.165) is 11.1 Å². The van der Waals surface area contributed by atoms with Crippen LogP contribution in [0.15, 0.2) is 59.7 Å². The highest BCUT2D eigenvalue weighted by Gasteiger charge is 2.05. The summed E-state index contributed by atoms with van der Waals surface area (Å²) in [6.45, 7) is 0.192. The fourth-order valence-electron chi connectivity index (χ4n) is 2.24. The van der Waals surface area contributed by atoms with Crippen molar-refractivity contribution in [2.24, 2.45) is 0 Å². The lowest BCUT2D eigenvalue weighted by atomic mass is 10.0. The third-order valence-corrected chi connectivity index (χ3v) is 3.27. The zero-order valence-electron chi connectivity index (χ0n) is 10.9. The Morgan fingerprint density at radius 2 is 1.85 bits per heavy atom. The van der Waals surface area contributed by atoms with Gasteiger partial charge >= 0.3 is 0 Å². The topological polar surface area (TPSA) is 55.1 Å². The van der Waals surface area contributed by atoms with Gasteiger partial charge in [-0.3, -0.25) is 9.36 Å². The second kappa shape index (κ2) is 5.27. The Balaban J connectivity index is 2.14. The second-order valence-corrected chi connectivity index (χ2v) is 4.56. The van der Waals surface area contributed by atoms with Gasteiger partial charge in [-0.15, -0.1) is 0 Å². The molecular weight excluding hydrogens is 252 g/mol. The van der Waals surface area contributed by atoms with Crippen molar-refractivity contribution in [3.05, 3.63) is 65.2 Å². The van der Waals surface area contributed by atoms with E-state index in [0.29, 0.717) is 10.9 Å². The molecule has 0 saturated heterocycles. The summed E-state index contributed by atoms with van der Waals surface area (Å²) in [5, 5.41) is 9.49. The molecule has 0 bridgehead atoms. The monoisotopic (exact) mass is 266 g/mol. The maximum absolute atomic E-state index is 12.2. The molecule has 1 heterocycles. The highest BCUT2D eigenvalue weighted by atomic mass is 16.3. The molecule has 0 aliphatic carbocycles. The number of aromatic nitrogens is 2. The van der Waals surface area contributed by atoms with Crippen LogP contribution in [-0.2, 0) is 6.54 Å².